The molecule has 2 unspecified atom stereocenters. The summed E-state index contributed by atoms with van der Waals surface area (Å²) >= 11 is 0. The normalized spacial score (nSPS) is 30.3. The third-order valence-corrected chi connectivity index (χ3v) is 3.90. The van der Waals surface area contributed by atoms with Crippen molar-refractivity contribution in [3.05, 3.63) is 0 Å². The van der Waals surface area contributed by atoms with E-state index in [4.69, 9.17) is 10.5 Å². The van der Waals surface area contributed by atoms with Crippen LogP contribution in [0.25, 0.3) is 0 Å². The third kappa shape index (κ3) is 3.42. The van der Waals surface area contributed by atoms with Gasteiger partial charge in [0.2, 0.25) is 5.91 Å². The Hall–Kier alpha value is -0.610. The highest BCUT2D eigenvalue weighted by Crippen LogP contribution is 2.21. The topological polar surface area (TPSA) is 55.6 Å². The van der Waals surface area contributed by atoms with Crippen molar-refractivity contribution in [3.63, 3.8) is 0 Å². The van der Waals surface area contributed by atoms with Crippen molar-refractivity contribution in [2.45, 2.75) is 57.1 Å². The number of piperidine rings is 1. The number of hydrogen-bond donors (Lipinski definition) is 1. The Balaban J connectivity index is 1.84. The maximum absolute atomic E-state index is 12.2. The van der Waals surface area contributed by atoms with Crippen LogP contribution in [-0.2, 0) is 9.53 Å². The third-order valence-electron chi connectivity index (χ3n) is 3.90. The number of nitrogens with two attached hydrogens (primary N) is 1. The Labute approximate surface area is 103 Å². The fourth-order valence-corrected chi connectivity index (χ4v) is 2.85. The molecule has 0 aliphatic carbocycles. The van der Waals surface area contributed by atoms with Crippen LogP contribution in [-0.4, -0.2) is 42.6 Å². The summed E-state index contributed by atoms with van der Waals surface area (Å²) in [4.78, 5) is 14.2. The molecule has 98 valence electrons. The van der Waals surface area contributed by atoms with Crippen molar-refractivity contribution in [1.29, 1.82) is 0 Å². The van der Waals surface area contributed by atoms with Gasteiger partial charge in [-0.25, -0.2) is 0 Å². The van der Waals surface area contributed by atoms with Crippen molar-refractivity contribution in [2.75, 3.05) is 19.7 Å². The molecule has 4 heteroatoms. The minimum absolute atomic E-state index is 0.150. The van der Waals surface area contributed by atoms with Gasteiger partial charge in [-0.15, -0.1) is 0 Å². The summed E-state index contributed by atoms with van der Waals surface area (Å²) in [6.45, 7) is 2.29. The van der Waals surface area contributed by atoms with Crippen molar-refractivity contribution >= 4 is 5.91 Å². The van der Waals surface area contributed by atoms with E-state index in [1.54, 1.807) is 0 Å². The van der Waals surface area contributed by atoms with Crippen molar-refractivity contribution in [2.24, 2.45) is 5.73 Å². The van der Waals surface area contributed by atoms with E-state index in [0.717, 1.165) is 38.8 Å². The second-order valence-corrected chi connectivity index (χ2v) is 5.17. The van der Waals surface area contributed by atoms with Gasteiger partial charge in [0.05, 0.1) is 12.5 Å². The fraction of sp³-hybridized carbons (Fsp3) is 0.923. The van der Waals surface area contributed by atoms with Crippen molar-refractivity contribution in [3.8, 4) is 0 Å². The molecule has 0 aromatic carbocycles. The number of carbonyl (C=O) groups is 1. The van der Waals surface area contributed by atoms with Crippen LogP contribution in [0.3, 0.4) is 0 Å². The van der Waals surface area contributed by atoms with E-state index >= 15 is 0 Å². The molecule has 0 saturated carbocycles. The lowest BCUT2D eigenvalue weighted by Gasteiger charge is -2.36. The quantitative estimate of drug-likeness (QED) is 0.808. The zero-order valence-electron chi connectivity index (χ0n) is 10.6. The molecule has 4 nitrogen and oxygen atoms in total. The summed E-state index contributed by atoms with van der Waals surface area (Å²) in [5.41, 5.74) is 5.74. The minimum Gasteiger partial charge on any atom is -0.378 e. The average Bonchev–Trinajstić information content (AvgIpc) is 2.40. The summed E-state index contributed by atoms with van der Waals surface area (Å²) in [6, 6.07) is 0.264. The highest BCUT2D eigenvalue weighted by molar-refractivity contribution is 5.77. The molecule has 0 aromatic rings. The highest BCUT2D eigenvalue weighted by atomic mass is 16.5. The number of rotatable bonds is 3. The van der Waals surface area contributed by atoms with Crippen LogP contribution >= 0.6 is 0 Å². The van der Waals surface area contributed by atoms with Crippen LogP contribution in [0.2, 0.25) is 0 Å². The van der Waals surface area contributed by atoms with E-state index in [-0.39, 0.29) is 18.1 Å². The lowest BCUT2D eigenvalue weighted by atomic mass is 10.00. The Morgan fingerprint density at radius 3 is 2.76 bits per heavy atom. The smallest absolute Gasteiger partial charge is 0.225 e. The molecule has 0 aromatic heterocycles. The lowest BCUT2D eigenvalue weighted by Crippen LogP contribution is -2.48. The molecule has 2 atom stereocenters. The van der Waals surface area contributed by atoms with Gasteiger partial charge in [-0.05, 0) is 38.5 Å². The number of likely N-dealkylation sites (tertiary alicyclic amines) is 1. The summed E-state index contributed by atoms with van der Waals surface area (Å²) in [5.74, 6) is 0.243. The Morgan fingerprint density at radius 2 is 2.06 bits per heavy atom. The van der Waals surface area contributed by atoms with Crippen LogP contribution in [0.5, 0.6) is 0 Å². The van der Waals surface area contributed by atoms with Crippen molar-refractivity contribution in [1.82, 2.24) is 4.90 Å². The van der Waals surface area contributed by atoms with Crippen LogP contribution in [0, 0.1) is 0 Å². The molecule has 2 heterocycles. The van der Waals surface area contributed by atoms with E-state index in [1.165, 1.54) is 12.8 Å². The van der Waals surface area contributed by atoms with Crippen LogP contribution in [0.4, 0.5) is 0 Å². The second-order valence-electron chi connectivity index (χ2n) is 5.17. The number of nitrogens with zero attached hydrogens (tertiary/aromatic N) is 1. The molecule has 2 N–H and O–H groups in total. The number of amides is 1. The molecule has 0 radical (unpaired) electrons. The van der Waals surface area contributed by atoms with Gasteiger partial charge in [0.25, 0.3) is 0 Å². The average molecular weight is 240 g/mol. The first-order chi connectivity index (χ1) is 8.31. The molecule has 1 amide bonds. The standard InChI is InChI=1S/C13H24N2O2/c14-10-11-5-1-3-7-15(11)13(16)9-12-6-2-4-8-17-12/h11-12H,1-10,14H2. The molecule has 0 bridgehead atoms. The van der Waals surface area contributed by atoms with Crippen LogP contribution in [0.1, 0.15) is 44.9 Å². The summed E-state index contributed by atoms with van der Waals surface area (Å²) in [6.07, 6.45) is 7.45. The van der Waals surface area contributed by atoms with Crippen molar-refractivity contribution < 1.29 is 9.53 Å². The summed E-state index contributed by atoms with van der Waals surface area (Å²) in [5, 5.41) is 0. The maximum Gasteiger partial charge on any atom is 0.225 e. The first kappa shape index (κ1) is 12.8. The monoisotopic (exact) mass is 240 g/mol. The van der Waals surface area contributed by atoms with E-state index in [2.05, 4.69) is 0 Å². The van der Waals surface area contributed by atoms with E-state index in [1.807, 2.05) is 4.90 Å². The molecular formula is C13H24N2O2. The Kier molecular flexibility index (Phi) is 4.80. The second kappa shape index (κ2) is 6.36. The molecule has 2 fully saturated rings. The molecular weight excluding hydrogens is 216 g/mol. The summed E-state index contributed by atoms with van der Waals surface area (Å²) in [7, 11) is 0. The van der Waals surface area contributed by atoms with Gasteiger partial charge < -0.3 is 15.4 Å². The van der Waals surface area contributed by atoms with E-state index in [9.17, 15) is 4.79 Å². The Morgan fingerprint density at radius 1 is 1.24 bits per heavy atom. The lowest BCUT2D eigenvalue weighted by molar-refractivity contribution is -0.138. The van der Waals surface area contributed by atoms with Crippen LogP contribution in [0.15, 0.2) is 0 Å². The minimum atomic E-state index is 0.150. The first-order valence-corrected chi connectivity index (χ1v) is 6.92. The highest BCUT2D eigenvalue weighted by Gasteiger charge is 2.28. The molecule has 2 aliphatic rings. The van der Waals surface area contributed by atoms with Gasteiger partial charge in [-0.3, -0.25) is 4.79 Å². The number of hydrogen-bond acceptors (Lipinski definition) is 3. The van der Waals surface area contributed by atoms with E-state index in [0.29, 0.717) is 13.0 Å². The summed E-state index contributed by atoms with van der Waals surface area (Å²) < 4.78 is 5.63. The predicted octanol–water partition coefficient (Wildman–Crippen LogP) is 1.29. The van der Waals surface area contributed by atoms with Gasteiger partial charge in [-0.1, -0.05) is 0 Å². The van der Waals surface area contributed by atoms with Gasteiger partial charge >= 0.3 is 0 Å². The van der Waals surface area contributed by atoms with Gasteiger partial charge in [0.1, 0.15) is 0 Å². The Bertz CT molecular complexity index is 252. The SMILES string of the molecule is NCC1CCCCN1C(=O)CC1CCCCO1. The molecule has 17 heavy (non-hydrogen) atoms. The zero-order valence-corrected chi connectivity index (χ0v) is 10.6. The van der Waals surface area contributed by atoms with Gasteiger partial charge in [0, 0.05) is 25.7 Å². The fourth-order valence-electron chi connectivity index (χ4n) is 2.85. The zero-order chi connectivity index (χ0) is 12.1. The van der Waals surface area contributed by atoms with Gasteiger partial charge in [-0.2, -0.15) is 0 Å². The maximum atomic E-state index is 12.2. The molecule has 0 spiro atoms. The van der Waals surface area contributed by atoms with Gasteiger partial charge in [0.15, 0.2) is 0 Å². The number of ether oxygens (including phenoxy) is 1. The van der Waals surface area contributed by atoms with E-state index < -0.39 is 0 Å². The molecule has 2 aliphatic heterocycles. The van der Waals surface area contributed by atoms with Crippen LogP contribution < -0.4 is 5.73 Å². The number of carbonyl (C=O) groups excluding carboxylic acids is 1. The molecule has 2 rings (SSSR count). The molecule has 2 saturated heterocycles. The predicted molar refractivity (Wildman–Crippen MR) is 66.6 cm³/mol. The largest absolute Gasteiger partial charge is 0.378 e. The first-order valence-electron chi connectivity index (χ1n) is 6.92.